The van der Waals surface area contributed by atoms with Crippen molar-refractivity contribution < 1.29 is 17.9 Å². The van der Waals surface area contributed by atoms with Gasteiger partial charge in [0.2, 0.25) is 15.7 Å². The van der Waals surface area contributed by atoms with Gasteiger partial charge in [0.15, 0.2) is 11.6 Å². The minimum Gasteiger partial charge on any atom is -0.378 e. The van der Waals surface area contributed by atoms with E-state index in [9.17, 15) is 13.2 Å². The minimum absolute atomic E-state index is 0.0682. The second-order valence-corrected chi connectivity index (χ2v) is 11.7. The quantitative estimate of drug-likeness (QED) is 0.339. The molecular formula is C25H37N7O4S. The molecule has 202 valence electrons. The Balaban J connectivity index is 1.38. The van der Waals surface area contributed by atoms with Gasteiger partial charge in [-0.05, 0) is 43.9 Å². The molecule has 2 aromatic heterocycles. The van der Waals surface area contributed by atoms with E-state index in [0.29, 0.717) is 30.9 Å². The fraction of sp³-hybridized carbons (Fsp3) is 0.600. The number of rotatable bonds is 12. The highest BCUT2D eigenvalue weighted by Gasteiger charge is 2.24. The lowest BCUT2D eigenvalue weighted by Crippen LogP contribution is -2.43. The Labute approximate surface area is 218 Å². The Kier molecular flexibility index (Phi) is 8.60. The minimum atomic E-state index is -3.43. The number of hydrogen-bond donors (Lipinski definition) is 2. The van der Waals surface area contributed by atoms with Crippen LogP contribution in [0, 0.1) is 12.8 Å². The van der Waals surface area contributed by atoms with Gasteiger partial charge in [-0.3, -0.25) is 9.20 Å². The SMILES string of the molecule is Cc1nnc2c(NCCCCCC(=O)[C@@H](NS(C)(=O)=O)C(C)C)nc3cc(N4CCOCC4)ccc3n12. The van der Waals surface area contributed by atoms with Crippen molar-refractivity contribution in [2.24, 2.45) is 5.92 Å². The summed E-state index contributed by atoms with van der Waals surface area (Å²) in [5, 5.41) is 12.0. The number of Topliss-reactive ketones (excluding diaryl/α,β-unsaturated/α-hetero) is 1. The van der Waals surface area contributed by atoms with E-state index in [0.717, 1.165) is 67.9 Å². The number of fused-ring (bicyclic) bond motifs is 3. The predicted molar refractivity (Wildman–Crippen MR) is 145 cm³/mol. The molecule has 0 amide bonds. The van der Waals surface area contributed by atoms with Crippen LogP contribution < -0.4 is 14.9 Å². The van der Waals surface area contributed by atoms with Gasteiger partial charge in [-0.1, -0.05) is 20.3 Å². The smallest absolute Gasteiger partial charge is 0.209 e. The molecule has 0 saturated carbocycles. The molecule has 2 N–H and O–H groups in total. The van der Waals surface area contributed by atoms with Gasteiger partial charge in [-0.15, -0.1) is 10.2 Å². The van der Waals surface area contributed by atoms with Crippen LogP contribution >= 0.6 is 0 Å². The number of aryl methyl sites for hydroxylation is 1. The van der Waals surface area contributed by atoms with Crippen molar-refractivity contribution in [2.75, 3.05) is 49.3 Å². The lowest BCUT2D eigenvalue weighted by molar-refractivity contribution is -0.121. The molecule has 1 saturated heterocycles. The Morgan fingerprint density at radius 2 is 1.89 bits per heavy atom. The maximum absolute atomic E-state index is 12.6. The van der Waals surface area contributed by atoms with Crippen LogP contribution in [0.2, 0.25) is 0 Å². The number of carbonyl (C=O) groups excluding carboxylic acids is 1. The molecule has 1 aliphatic rings. The van der Waals surface area contributed by atoms with Crippen LogP contribution in [0.3, 0.4) is 0 Å². The number of aromatic nitrogens is 4. The molecule has 0 bridgehead atoms. The summed E-state index contributed by atoms with van der Waals surface area (Å²) in [5.41, 5.74) is 3.63. The third-order valence-electron chi connectivity index (χ3n) is 6.59. The molecule has 0 spiro atoms. The second-order valence-electron chi connectivity index (χ2n) is 9.95. The molecule has 12 heteroatoms. The van der Waals surface area contributed by atoms with Crippen LogP contribution in [-0.4, -0.2) is 78.9 Å². The number of anilines is 2. The van der Waals surface area contributed by atoms with Crippen LogP contribution in [0.4, 0.5) is 11.5 Å². The maximum atomic E-state index is 12.6. The second kappa shape index (κ2) is 11.7. The highest BCUT2D eigenvalue weighted by molar-refractivity contribution is 7.88. The van der Waals surface area contributed by atoms with Crippen molar-refractivity contribution in [1.29, 1.82) is 0 Å². The molecule has 0 unspecified atom stereocenters. The first kappa shape index (κ1) is 27.2. The molecule has 4 rings (SSSR count). The first-order chi connectivity index (χ1) is 17.6. The fourth-order valence-corrected chi connectivity index (χ4v) is 5.53. The summed E-state index contributed by atoms with van der Waals surface area (Å²) >= 11 is 0. The first-order valence-electron chi connectivity index (χ1n) is 12.9. The third kappa shape index (κ3) is 6.74. The molecule has 0 aliphatic carbocycles. The summed E-state index contributed by atoms with van der Waals surface area (Å²) in [6, 6.07) is 5.60. The van der Waals surface area contributed by atoms with Gasteiger partial charge >= 0.3 is 0 Å². The van der Waals surface area contributed by atoms with Crippen molar-refractivity contribution >= 4 is 44.0 Å². The molecule has 0 radical (unpaired) electrons. The van der Waals surface area contributed by atoms with Crippen molar-refractivity contribution in [3.8, 4) is 0 Å². The number of nitrogens with zero attached hydrogens (tertiary/aromatic N) is 5. The fourth-order valence-electron chi connectivity index (χ4n) is 4.67. The normalized spacial score (nSPS) is 15.5. The molecule has 11 nitrogen and oxygen atoms in total. The number of ketones is 1. The number of nitrogens with one attached hydrogen (secondary N) is 2. The average molecular weight is 532 g/mol. The zero-order valence-corrected chi connectivity index (χ0v) is 22.8. The predicted octanol–water partition coefficient (Wildman–Crippen LogP) is 2.54. The standard InChI is InChI=1S/C25H37N7O4S/c1-17(2)23(30-37(4,34)35)22(33)8-6-5-7-11-26-24-25-29-28-18(3)32(25)21-10-9-19(16-20(21)27-24)31-12-14-36-15-13-31/h9-10,16-17,23,30H,5-8,11-15H2,1-4H3,(H,26,27)/t23-/m0/s1. The maximum Gasteiger partial charge on any atom is 0.209 e. The summed E-state index contributed by atoms with van der Waals surface area (Å²) in [6.07, 6.45) is 3.80. The molecule has 1 aliphatic heterocycles. The summed E-state index contributed by atoms with van der Waals surface area (Å²) in [4.78, 5) is 19.7. The molecular weight excluding hydrogens is 494 g/mol. The molecule has 1 fully saturated rings. The lowest BCUT2D eigenvalue weighted by atomic mass is 9.97. The Morgan fingerprint density at radius 3 is 2.59 bits per heavy atom. The monoisotopic (exact) mass is 531 g/mol. The molecule has 3 heterocycles. The Morgan fingerprint density at radius 1 is 1.14 bits per heavy atom. The van der Waals surface area contributed by atoms with E-state index >= 15 is 0 Å². The van der Waals surface area contributed by atoms with Crippen LogP contribution in [0.5, 0.6) is 0 Å². The zero-order valence-electron chi connectivity index (χ0n) is 22.0. The summed E-state index contributed by atoms with van der Waals surface area (Å²) in [7, 11) is -3.43. The van der Waals surface area contributed by atoms with E-state index in [2.05, 4.69) is 43.3 Å². The number of benzene rings is 1. The largest absolute Gasteiger partial charge is 0.378 e. The van der Waals surface area contributed by atoms with E-state index in [-0.39, 0.29) is 11.7 Å². The van der Waals surface area contributed by atoms with Crippen molar-refractivity contribution in [3.63, 3.8) is 0 Å². The van der Waals surface area contributed by atoms with E-state index < -0.39 is 16.1 Å². The highest BCUT2D eigenvalue weighted by Crippen LogP contribution is 2.26. The number of sulfonamides is 1. The van der Waals surface area contributed by atoms with Crippen molar-refractivity contribution in [3.05, 3.63) is 24.0 Å². The van der Waals surface area contributed by atoms with Crippen LogP contribution in [-0.2, 0) is 19.6 Å². The first-order valence-corrected chi connectivity index (χ1v) is 14.8. The number of hydrogen-bond acceptors (Lipinski definition) is 9. The summed E-state index contributed by atoms with van der Waals surface area (Å²) in [5.74, 6) is 1.31. The van der Waals surface area contributed by atoms with E-state index in [4.69, 9.17) is 9.72 Å². The van der Waals surface area contributed by atoms with Gasteiger partial charge < -0.3 is 15.0 Å². The third-order valence-corrected chi connectivity index (χ3v) is 7.27. The Bertz CT molecular complexity index is 1350. The van der Waals surface area contributed by atoms with Gasteiger partial charge in [-0.25, -0.2) is 18.1 Å². The van der Waals surface area contributed by atoms with E-state index in [1.54, 1.807) is 0 Å². The number of ether oxygens (including phenoxy) is 1. The van der Waals surface area contributed by atoms with Gasteiger partial charge in [0, 0.05) is 31.7 Å². The molecule has 1 atom stereocenters. The Hall–Kier alpha value is -2.83. The number of carbonyl (C=O) groups is 1. The lowest BCUT2D eigenvalue weighted by Gasteiger charge is -2.29. The summed E-state index contributed by atoms with van der Waals surface area (Å²) in [6.45, 7) is 9.45. The number of unbranched alkanes of at least 4 members (excludes halogenated alkanes) is 2. The summed E-state index contributed by atoms with van der Waals surface area (Å²) < 4.78 is 33.1. The highest BCUT2D eigenvalue weighted by atomic mass is 32.2. The van der Waals surface area contributed by atoms with Gasteiger partial charge in [0.25, 0.3) is 0 Å². The number of morpholine rings is 1. The van der Waals surface area contributed by atoms with Crippen LogP contribution in [0.25, 0.3) is 16.7 Å². The molecule has 37 heavy (non-hydrogen) atoms. The van der Waals surface area contributed by atoms with Crippen LogP contribution in [0.15, 0.2) is 18.2 Å². The average Bonchev–Trinajstić information content (AvgIpc) is 3.26. The zero-order chi connectivity index (χ0) is 26.6. The van der Waals surface area contributed by atoms with E-state index in [1.807, 2.05) is 25.2 Å². The molecule has 1 aromatic carbocycles. The van der Waals surface area contributed by atoms with Crippen LogP contribution in [0.1, 0.15) is 45.4 Å². The topological polar surface area (TPSA) is 131 Å². The van der Waals surface area contributed by atoms with Gasteiger partial charge in [0.1, 0.15) is 5.82 Å². The van der Waals surface area contributed by atoms with Crippen molar-refractivity contribution in [2.45, 2.75) is 52.5 Å². The van der Waals surface area contributed by atoms with Gasteiger partial charge in [0.05, 0.1) is 36.5 Å². The molecule has 3 aromatic rings. The van der Waals surface area contributed by atoms with Crippen molar-refractivity contribution in [1.82, 2.24) is 24.3 Å². The van der Waals surface area contributed by atoms with E-state index in [1.165, 1.54) is 0 Å². The van der Waals surface area contributed by atoms with Gasteiger partial charge in [-0.2, -0.15) is 0 Å².